The van der Waals surface area contributed by atoms with Gasteiger partial charge in [-0.2, -0.15) is 5.26 Å². The Balaban J connectivity index is 2.76. The molecule has 0 aliphatic heterocycles. The molecular formula is C12H19N5. The van der Waals surface area contributed by atoms with Crippen molar-refractivity contribution in [1.82, 2.24) is 9.97 Å². The Morgan fingerprint density at radius 3 is 2.71 bits per heavy atom. The predicted molar refractivity (Wildman–Crippen MR) is 68.9 cm³/mol. The number of rotatable bonds is 4. The van der Waals surface area contributed by atoms with Crippen LogP contribution in [0.1, 0.15) is 27.2 Å². The molecule has 1 aromatic rings. The predicted octanol–water partition coefficient (Wildman–Crippen LogP) is 2.04. The van der Waals surface area contributed by atoms with Crippen molar-refractivity contribution in [3.8, 4) is 6.07 Å². The van der Waals surface area contributed by atoms with Crippen molar-refractivity contribution in [3.63, 3.8) is 0 Å². The summed E-state index contributed by atoms with van der Waals surface area (Å²) in [5, 5.41) is 11.6. The van der Waals surface area contributed by atoms with Crippen LogP contribution >= 0.6 is 0 Å². The van der Waals surface area contributed by atoms with E-state index in [1.165, 1.54) is 6.33 Å². The molecule has 0 saturated carbocycles. The number of aromatic nitrogens is 2. The minimum Gasteiger partial charge on any atom is -0.369 e. The molecule has 0 aromatic carbocycles. The maximum Gasteiger partial charge on any atom is 0.134 e. The van der Waals surface area contributed by atoms with Gasteiger partial charge in [0, 0.05) is 25.2 Å². The molecule has 1 N–H and O–H groups in total. The van der Waals surface area contributed by atoms with E-state index in [0.29, 0.717) is 13.0 Å². The van der Waals surface area contributed by atoms with E-state index in [1.54, 1.807) is 0 Å². The van der Waals surface area contributed by atoms with E-state index < -0.39 is 0 Å². The van der Waals surface area contributed by atoms with Gasteiger partial charge in [-0.3, -0.25) is 0 Å². The zero-order valence-corrected chi connectivity index (χ0v) is 10.9. The maximum atomic E-state index is 8.46. The van der Waals surface area contributed by atoms with Gasteiger partial charge in [-0.05, 0) is 20.8 Å². The van der Waals surface area contributed by atoms with Crippen LogP contribution in [0.4, 0.5) is 11.6 Å². The highest BCUT2D eigenvalue weighted by Crippen LogP contribution is 2.20. The quantitative estimate of drug-likeness (QED) is 0.806. The Morgan fingerprint density at radius 2 is 2.12 bits per heavy atom. The van der Waals surface area contributed by atoms with Crippen molar-refractivity contribution < 1.29 is 0 Å². The first kappa shape index (κ1) is 13.2. The first-order chi connectivity index (χ1) is 7.95. The standard InChI is InChI=1S/C12H19N5/c1-12(2,3)17(4)11-8-10(15-9-16-11)14-7-5-6-13/h8-9H,5,7H2,1-4H3,(H,14,15,16). The second-order valence-corrected chi connectivity index (χ2v) is 4.83. The molecule has 0 amide bonds. The third-order valence-corrected chi connectivity index (χ3v) is 2.55. The van der Waals surface area contributed by atoms with Gasteiger partial charge < -0.3 is 10.2 Å². The van der Waals surface area contributed by atoms with Gasteiger partial charge in [0.15, 0.2) is 0 Å². The summed E-state index contributed by atoms with van der Waals surface area (Å²) in [7, 11) is 2.00. The first-order valence-electron chi connectivity index (χ1n) is 5.62. The van der Waals surface area contributed by atoms with E-state index in [1.807, 2.05) is 13.1 Å². The van der Waals surface area contributed by atoms with Crippen molar-refractivity contribution >= 4 is 11.6 Å². The summed E-state index contributed by atoms with van der Waals surface area (Å²) in [6.07, 6.45) is 2.00. The van der Waals surface area contributed by atoms with Crippen LogP contribution < -0.4 is 10.2 Å². The van der Waals surface area contributed by atoms with E-state index in [9.17, 15) is 0 Å². The van der Waals surface area contributed by atoms with E-state index in [2.05, 4.69) is 47.0 Å². The number of nitrogens with one attached hydrogen (secondary N) is 1. The summed E-state index contributed by atoms with van der Waals surface area (Å²) in [6.45, 7) is 6.97. The Labute approximate surface area is 102 Å². The smallest absolute Gasteiger partial charge is 0.134 e. The third-order valence-electron chi connectivity index (χ3n) is 2.55. The highest BCUT2D eigenvalue weighted by molar-refractivity contribution is 5.49. The van der Waals surface area contributed by atoms with Gasteiger partial charge in [-0.25, -0.2) is 9.97 Å². The fraction of sp³-hybridized carbons (Fsp3) is 0.583. The van der Waals surface area contributed by atoms with Crippen LogP contribution in [-0.2, 0) is 0 Å². The van der Waals surface area contributed by atoms with Crippen molar-refractivity contribution in [3.05, 3.63) is 12.4 Å². The topological polar surface area (TPSA) is 64.8 Å². The van der Waals surface area contributed by atoms with E-state index >= 15 is 0 Å². The maximum absolute atomic E-state index is 8.46. The molecule has 5 nitrogen and oxygen atoms in total. The zero-order chi connectivity index (χ0) is 12.9. The zero-order valence-electron chi connectivity index (χ0n) is 10.9. The molecule has 5 heteroatoms. The molecule has 0 fully saturated rings. The summed E-state index contributed by atoms with van der Waals surface area (Å²) in [5.74, 6) is 1.62. The molecule has 0 saturated heterocycles. The van der Waals surface area contributed by atoms with Gasteiger partial charge >= 0.3 is 0 Å². The Kier molecular flexibility index (Phi) is 4.27. The second kappa shape index (κ2) is 5.48. The van der Waals surface area contributed by atoms with Crippen molar-refractivity contribution in [2.24, 2.45) is 0 Å². The lowest BCUT2D eigenvalue weighted by molar-refractivity contribution is 0.533. The van der Waals surface area contributed by atoms with Gasteiger partial charge in [-0.1, -0.05) is 0 Å². The number of hydrogen-bond donors (Lipinski definition) is 1. The van der Waals surface area contributed by atoms with Gasteiger partial charge in [0.25, 0.3) is 0 Å². The molecule has 92 valence electrons. The van der Waals surface area contributed by atoms with Crippen LogP contribution in [0.25, 0.3) is 0 Å². The Hall–Kier alpha value is -1.83. The lowest BCUT2D eigenvalue weighted by atomic mass is 10.1. The average Bonchev–Trinajstić information content (AvgIpc) is 2.28. The van der Waals surface area contributed by atoms with Crippen LogP contribution in [0.2, 0.25) is 0 Å². The number of anilines is 2. The van der Waals surface area contributed by atoms with Crippen LogP contribution in [0.3, 0.4) is 0 Å². The molecule has 1 rings (SSSR count). The molecule has 0 bridgehead atoms. The van der Waals surface area contributed by atoms with Crippen molar-refractivity contribution in [2.75, 3.05) is 23.8 Å². The van der Waals surface area contributed by atoms with E-state index in [0.717, 1.165) is 11.6 Å². The highest BCUT2D eigenvalue weighted by atomic mass is 15.2. The second-order valence-electron chi connectivity index (χ2n) is 4.83. The van der Waals surface area contributed by atoms with Gasteiger partial charge in [0.1, 0.15) is 18.0 Å². The van der Waals surface area contributed by atoms with Crippen molar-refractivity contribution in [1.29, 1.82) is 5.26 Å². The molecule has 1 heterocycles. The van der Waals surface area contributed by atoms with Gasteiger partial charge in [0.2, 0.25) is 0 Å². The summed E-state index contributed by atoms with van der Waals surface area (Å²) >= 11 is 0. The average molecular weight is 233 g/mol. The molecule has 0 atom stereocenters. The van der Waals surface area contributed by atoms with Crippen LogP contribution in [0.5, 0.6) is 0 Å². The minimum absolute atomic E-state index is 0.0122. The Bertz CT molecular complexity index is 402. The molecule has 0 aliphatic rings. The molecule has 0 aliphatic carbocycles. The summed E-state index contributed by atoms with van der Waals surface area (Å²) in [6, 6.07) is 3.97. The lowest BCUT2D eigenvalue weighted by Gasteiger charge is -2.33. The van der Waals surface area contributed by atoms with Gasteiger partial charge in [-0.15, -0.1) is 0 Å². The molecule has 0 radical (unpaired) electrons. The number of hydrogen-bond acceptors (Lipinski definition) is 5. The lowest BCUT2D eigenvalue weighted by Crippen LogP contribution is -2.38. The fourth-order valence-electron chi connectivity index (χ4n) is 1.22. The molecule has 0 unspecified atom stereocenters. The third kappa shape index (κ3) is 3.91. The molecule has 1 aromatic heterocycles. The normalized spacial score (nSPS) is 10.8. The fourth-order valence-corrected chi connectivity index (χ4v) is 1.22. The van der Waals surface area contributed by atoms with Crippen LogP contribution in [0, 0.1) is 11.3 Å². The van der Waals surface area contributed by atoms with Gasteiger partial charge in [0.05, 0.1) is 12.5 Å². The number of nitriles is 1. The monoisotopic (exact) mass is 233 g/mol. The van der Waals surface area contributed by atoms with Crippen molar-refractivity contribution in [2.45, 2.75) is 32.7 Å². The minimum atomic E-state index is 0.0122. The van der Waals surface area contributed by atoms with Crippen LogP contribution in [-0.4, -0.2) is 29.1 Å². The molecule has 17 heavy (non-hydrogen) atoms. The van der Waals surface area contributed by atoms with E-state index in [4.69, 9.17) is 5.26 Å². The molecule has 0 spiro atoms. The van der Waals surface area contributed by atoms with E-state index in [-0.39, 0.29) is 5.54 Å². The summed E-state index contributed by atoms with van der Waals surface area (Å²) < 4.78 is 0. The Morgan fingerprint density at radius 1 is 1.41 bits per heavy atom. The highest BCUT2D eigenvalue weighted by Gasteiger charge is 2.18. The largest absolute Gasteiger partial charge is 0.369 e. The summed E-state index contributed by atoms with van der Waals surface area (Å²) in [4.78, 5) is 10.4. The summed E-state index contributed by atoms with van der Waals surface area (Å²) in [5.41, 5.74) is 0.0122. The SMILES string of the molecule is CN(c1cc(NCCC#N)ncn1)C(C)(C)C. The first-order valence-corrected chi connectivity index (χ1v) is 5.62. The van der Waals surface area contributed by atoms with Crippen LogP contribution in [0.15, 0.2) is 12.4 Å². The molecular weight excluding hydrogens is 214 g/mol. The number of nitrogens with zero attached hydrogens (tertiary/aromatic N) is 4.